The van der Waals surface area contributed by atoms with Gasteiger partial charge < -0.3 is 4.74 Å². The van der Waals surface area contributed by atoms with E-state index in [1.165, 1.54) is 7.11 Å². The smallest absolute Gasteiger partial charge is 0.237 e. The zero-order chi connectivity index (χ0) is 11.3. The van der Waals surface area contributed by atoms with Gasteiger partial charge >= 0.3 is 0 Å². The van der Waals surface area contributed by atoms with Crippen molar-refractivity contribution in [3.63, 3.8) is 0 Å². The molecule has 0 heterocycles. The molecule has 0 aromatic heterocycles. The molecule has 82 valence electrons. The average Bonchev–Trinajstić information content (AvgIpc) is 2.17. The fraction of sp³-hybridized carbons (Fsp3) is 0.222. The number of thiol groups is 1. The van der Waals surface area contributed by atoms with Gasteiger partial charge in [-0.3, -0.25) is 9.52 Å². The second kappa shape index (κ2) is 5.35. The molecule has 5 nitrogen and oxygen atoms in total. The van der Waals surface area contributed by atoms with Gasteiger partial charge in [0.05, 0.1) is 13.5 Å². The van der Waals surface area contributed by atoms with Crippen molar-refractivity contribution in [1.82, 2.24) is 4.72 Å². The van der Waals surface area contributed by atoms with Crippen molar-refractivity contribution in [2.45, 2.75) is 6.42 Å². The molecule has 0 atom stereocenters. The van der Waals surface area contributed by atoms with E-state index in [0.29, 0.717) is 11.3 Å². The maximum atomic E-state index is 11.1. The number of para-hydroxylation sites is 1. The van der Waals surface area contributed by atoms with Crippen molar-refractivity contribution in [2.24, 2.45) is 0 Å². The van der Waals surface area contributed by atoms with Crippen molar-refractivity contribution in [1.29, 1.82) is 0 Å². The summed E-state index contributed by atoms with van der Waals surface area (Å²) in [7, 11) is -1.40. The van der Waals surface area contributed by atoms with Gasteiger partial charge in [-0.15, -0.1) is 0 Å². The Balaban J connectivity index is 2.75. The summed E-state index contributed by atoms with van der Waals surface area (Å²) in [6.45, 7) is 0. The van der Waals surface area contributed by atoms with Gasteiger partial charge in [-0.05, 0) is 6.07 Å². The van der Waals surface area contributed by atoms with Gasteiger partial charge in [0.25, 0.3) is 0 Å². The van der Waals surface area contributed by atoms with Crippen LogP contribution in [-0.4, -0.2) is 21.4 Å². The van der Waals surface area contributed by atoms with Crippen LogP contribution in [0.2, 0.25) is 0 Å². The predicted molar refractivity (Wildman–Crippen MR) is 55.2 cm³/mol. The highest BCUT2D eigenvalue weighted by Gasteiger charge is 2.07. The molecule has 0 saturated carbocycles. The summed E-state index contributed by atoms with van der Waals surface area (Å²) < 4.78 is 27.3. The van der Waals surface area contributed by atoms with Gasteiger partial charge in [0.2, 0.25) is 16.8 Å². The highest BCUT2D eigenvalue weighted by molar-refractivity contribution is 7.71. The number of hydrogen-bond donors (Lipinski definition) is 2. The summed E-state index contributed by atoms with van der Waals surface area (Å²) in [5, 5.41) is 0. The van der Waals surface area contributed by atoms with E-state index < -0.39 is 16.8 Å². The van der Waals surface area contributed by atoms with Gasteiger partial charge in [0.15, 0.2) is 0 Å². The number of amides is 1. The molecule has 0 aliphatic carbocycles. The predicted octanol–water partition coefficient (Wildman–Crippen LogP) is -0.120. The van der Waals surface area contributed by atoms with Gasteiger partial charge in [-0.25, -0.2) is 8.42 Å². The molecule has 0 radical (unpaired) electrons. The maximum absolute atomic E-state index is 11.1. The van der Waals surface area contributed by atoms with E-state index in [1.54, 1.807) is 29.0 Å². The molecular weight excluding hydrogens is 218 g/mol. The van der Waals surface area contributed by atoms with Crippen LogP contribution in [0.3, 0.4) is 0 Å². The van der Waals surface area contributed by atoms with E-state index in [2.05, 4.69) is 0 Å². The van der Waals surface area contributed by atoms with E-state index in [-0.39, 0.29) is 6.42 Å². The third-order valence-corrected chi connectivity index (χ3v) is 2.19. The van der Waals surface area contributed by atoms with Crippen LogP contribution in [0.5, 0.6) is 5.75 Å². The number of carbonyl (C=O) groups excluding carboxylic acids is 1. The Morgan fingerprint density at radius 1 is 1.40 bits per heavy atom. The highest BCUT2D eigenvalue weighted by atomic mass is 32.2. The van der Waals surface area contributed by atoms with Crippen molar-refractivity contribution in [3.8, 4) is 5.75 Å². The maximum Gasteiger partial charge on any atom is 0.237 e. The Morgan fingerprint density at radius 2 is 2.07 bits per heavy atom. The lowest BCUT2D eigenvalue weighted by Crippen LogP contribution is -2.23. The van der Waals surface area contributed by atoms with Crippen LogP contribution >= 0.6 is 0 Å². The molecule has 1 N–H and O–H groups in total. The zero-order valence-corrected chi connectivity index (χ0v) is 8.99. The fourth-order valence-corrected chi connectivity index (χ4v) is 1.45. The molecule has 0 aliphatic rings. The third-order valence-electron chi connectivity index (χ3n) is 1.76. The molecule has 1 aromatic carbocycles. The van der Waals surface area contributed by atoms with Crippen LogP contribution in [-0.2, 0) is 22.1 Å². The zero-order valence-electron chi connectivity index (χ0n) is 8.10. The van der Waals surface area contributed by atoms with Crippen molar-refractivity contribution >= 4 is 16.8 Å². The Morgan fingerprint density at radius 3 is 2.67 bits per heavy atom. The standard InChI is InChI=1S/C9H11NO4S/c1-14-8-5-3-2-4-7(8)6-9(11)10-15(12)13/h2-5,15H,6H2,1H3,(H,10,11,12,13). The molecule has 0 bridgehead atoms. The first kappa shape index (κ1) is 11.5. The van der Waals surface area contributed by atoms with E-state index >= 15 is 0 Å². The average molecular weight is 229 g/mol. The minimum absolute atomic E-state index is 0.0205. The number of nitrogens with one attached hydrogen (secondary N) is 1. The first-order valence-electron chi connectivity index (χ1n) is 4.19. The van der Waals surface area contributed by atoms with E-state index in [1.807, 2.05) is 0 Å². The Hall–Kier alpha value is -1.56. The van der Waals surface area contributed by atoms with Gasteiger partial charge in [-0.2, -0.15) is 0 Å². The summed E-state index contributed by atoms with van der Waals surface area (Å²) in [5.74, 6) is -0.00983. The molecule has 1 aromatic rings. The van der Waals surface area contributed by atoms with Crippen LogP contribution in [0, 0.1) is 0 Å². The molecule has 0 spiro atoms. The number of methoxy groups -OCH3 is 1. The minimum atomic E-state index is -2.89. The van der Waals surface area contributed by atoms with Gasteiger partial charge in [0.1, 0.15) is 5.75 Å². The number of rotatable bonds is 4. The fourth-order valence-electron chi connectivity index (χ4n) is 1.16. The van der Waals surface area contributed by atoms with E-state index in [0.717, 1.165) is 0 Å². The van der Waals surface area contributed by atoms with Crippen LogP contribution in [0.4, 0.5) is 0 Å². The summed E-state index contributed by atoms with van der Waals surface area (Å²) in [6.07, 6.45) is -0.0205. The number of hydrogen-bond acceptors (Lipinski definition) is 4. The third kappa shape index (κ3) is 3.59. The molecular formula is C9H11NO4S. The normalized spacial score (nSPS) is 10.0. The molecule has 15 heavy (non-hydrogen) atoms. The molecule has 0 aliphatic heterocycles. The molecule has 0 unspecified atom stereocenters. The van der Waals surface area contributed by atoms with Gasteiger partial charge in [-0.1, -0.05) is 18.2 Å². The lowest BCUT2D eigenvalue weighted by Gasteiger charge is -2.06. The first-order valence-corrected chi connectivity index (χ1v) is 5.37. The Bertz CT molecular complexity index is 420. The molecule has 0 fully saturated rings. The van der Waals surface area contributed by atoms with Crippen LogP contribution in [0.1, 0.15) is 5.56 Å². The Kier molecular flexibility index (Phi) is 4.11. The summed E-state index contributed by atoms with van der Waals surface area (Å²) >= 11 is 0. The second-order valence-corrected chi connectivity index (χ2v) is 3.52. The van der Waals surface area contributed by atoms with Crippen LogP contribution in [0.15, 0.2) is 24.3 Å². The van der Waals surface area contributed by atoms with Crippen molar-refractivity contribution in [3.05, 3.63) is 29.8 Å². The summed E-state index contributed by atoms with van der Waals surface area (Å²) in [4.78, 5) is 11.1. The van der Waals surface area contributed by atoms with Crippen molar-refractivity contribution in [2.75, 3.05) is 7.11 Å². The largest absolute Gasteiger partial charge is 0.496 e. The second-order valence-electron chi connectivity index (χ2n) is 2.78. The monoisotopic (exact) mass is 229 g/mol. The lowest BCUT2D eigenvalue weighted by atomic mass is 10.1. The number of benzene rings is 1. The molecule has 6 heteroatoms. The summed E-state index contributed by atoms with van der Waals surface area (Å²) in [5.41, 5.74) is 0.648. The topological polar surface area (TPSA) is 72.5 Å². The van der Waals surface area contributed by atoms with Crippen LogP contribution in [0.25, 0.3) is 0 Å². The van der Waals surface area contributed by atoms with Gasteiger partial charge in [0, 0.05) is 5.56 Å². The molecule has 1 rings (SSSR count). The quantitative estimate of drug-likeness (QED) is 0.706. The SMILES string of the molecule is COc1ccccc1CC(=O)N[SH](=O)=O. The minimum Gasteiger partial charge on any atom is -0.496 e. The number of carbonyl (C=O) groups is 1. The molecule has 1 amide bonds. The summed E-state index contributed by atoms with van der Waals surface area (Å²) in [6, 6.07) is 6.94. The van der Waals surface area contributed by atoms with Crippen molar-refractivity contribution < 1.29 is 17.9 Å². The first-order chi connectivity index (χ1) is 7.13. The number of ether oxygens (including phenoxy) is 1. The highest BCUT2D eigenvalue weighted by Crippen LogP contribution is 2.17. The van der Waals surface area contributed by atoms with E-state index in [9.17, 15) is 13.2 Å². The van der Waals surface area contributed by atoms with Crippen LogP contribution < -0.4 is 9.46 Å². The lowest BCUT2D eigenvalue weighted by molar-refractivity contribution is -0.118. The van der Waals surface area contributed by atoms with E-state index in [4.69, 9.17) is 4.74 Å². The molecule has 0 saturated heterocycles. The Labute approximate surface area is 89.1 Å².